The summed E-state index contributed by atoms with van der Waals surface area (Å²) in [5.41, 5.74) is 1.98. The SMILES string of the molecule is c1ccc([C@H]2NC23CCCCC3)cc1. The summed E-state index contributed by atoms with van der Waals surface area (Å²) < 4.78 is 0. The highest BCUT2D eigenvalue weighted by Gasteiger charge is 2.53. The smallest absolute Gasteiger partial charge is 0.0510 e. The van der Waals surface area contributed by atoms with Crippen molar-refractivity contribution in [2.24, 2.45) is 0 Å². The first kappa shape index (κ1) is 8.49. The Morgan fingerprint density at radius 3 is 2.43 bits per heavy atom. The Kier molecular flexibility index (Phi) is 1.88. The molecule has 1 aliphatic carbocycles. The Labute approximate surface area is 85.5 Å². The molecule has 1 nitrogen and oxygen atoms in total. The van der Waals surface area contributed by atoms with Gasteiger partial charge in [-0.3, -0.25) is 0 Å². The van der Waals surface area contributed by atoms with E-state index in [1.165, 1.54) is 37.7 Å². The van der Waals surface area contributed by atoms with Crippen LogP contribution in [0.2, 0.25) is 0 Å². The zero-order valence-corrected chi connectivity index (χ0v) is 8.50. The predicted molar refractivity (Wildman–Crippen MR) is 58.1 cm³/mol. The molecule has 0 bridgehead atoms. The van der Waals surface area contributed by atoms with Gasteiger partial charge in [0.1, 0.15) is 0 Å². The molecule has 2 aliphatic rings. The second-order valence-corrected chi connectivity index (χ2v) is 4.70. The molecule has 3 rings (SSSR count). The highest BCUT2D eigenvalue weighted by molar-refractivity contribution is 5.31. The van der Waals surface area contributed by atoms with Crippen LogP contribution in [-0.4, -0.2) is 5.54 Å². The second-order valence-electron chi connectivity index (χ2n) is 4.70. The molecule has 14 heavy (non-hydrogen) atoms. The van der Waals surface area contributed by atoms with Crippen molar-refractivity contribution in [2.75, 3.05) is 0 Å². The summed E-state index contributed by atoms with van der Waals surface area (Å²) >= 11 is 0. The lowest BCUT2D eigenvalue weighted by Gasteiger charge is -2.20. The molecular formula is C13H17N. The molecule has 1 saturated carbocycles. The number of benzene rings is 1. The van der Waals surface area contributed by atoms with E-state index in [9.17, 15) is 0 Å². The molecule has 1 heteroatoms. The molecule has 0 amide bonds. The molecule has 1 aromatic carbocycles. The summed E-state index contributed by atoms with van der Waals surface area (Å²) in [6.45, 7) is 0. The average Bonchev–Trinajstić information content (AvgIpc) is 2.95. The highest BCUT2D eigenvalue weighted by atomic mass is 15.2. The molecular weight excluding hydrogens is 170 g/mol. The topological polar surface area (TPSA) is 21.9 Å². The summed E-state index contributed by atoms with van der Waals surface area (Å²) in [6.07, 6.45) is 7.02. The molecule has 1 aliphatic heterocycles. The Bertz CT molecular complexity index is 311. The average molecular weight is 187 g/mol. The van der Waals surface area contributed by atoms with Crippen LogP contribution in [0.5, 0.6) is 0 Å². The van der Waals surface area contributed by atoms with Gasteiger partial charge in [0.2, 0.25) is 0 Å². The van der Waals surface area contributed by atoms with Gasteiger partial charge in [0.25, 0.3) is 0 Å². The number of hydrogen-bond donors (Lipinski definition) is 1. The van der Waals surface area contributed by atoms with Crippen molar-refractivity contribution in [2.45, 2.75) is 43.7 Å². The molecule has 0 radical (unpaired) electrons. The minimum absolute atomic E-state index is 0.500. The van der Waals surface area contributed by atoms with Crippen LogP contribution in [0.25, 0.3) is 0 Å². The second kappa shape index (κ2) is 3.09. The van der Waals surface area contributed by atoms with Gasteiger partial charge in [-0.15, -0.1) is 0 Å². The van der Waals surface area contributed by atoms with Crippen molar-refractivity contribution < 1.29 is 0 Å². The highest BCUT2D eigenvalue weighted by Crippen LogP contribution is 2.49. The summed E-state index contributed by atoms with van der Waals surface area (Å²) in [7, 11) is 0. The third-order valence-electron chi connectivity index (χ3n) is 3.78. The third-order valence-corrected chi connectivity index (χ3v) is 3.78. The molecule has 74 valence electrons. The molecule has 1 N–H and O–H groups in total. The minimum Gasteiger partial charge on any atom is -0.301 e. The van der Waals surface area contributed by atoms with Gasteiger partial charge in [-0.2, -0.15) is 0 Å². The standard InChI is InChI=1S/C13H17N/c1-3-7-11(8-4-1)12-13(14-12)9-5-2-6-10-13/h1,3-4,7-8,12,14H,2,5-6,9-10H2/t12-/m1/s1. The van der Waals surface area contributed by atoms with E-state index in [0.717, 1.165) is 0 Å². The molecule has 0 unspecified atom stereocenters. The summed E-state index contributed by atoms with van der Waals surface area (Å²) in [4.78, 5) is 0. The van der Waals surface area contributed by atoms with Crippen LogP contribution in [0.4, 0.5) is 0 Å². The molecule has 1 spiro atoms. The molecule has 0 aromatic heterocycles. The van der Waals surface area contributed by atoms with E-state index in [-0.39, 0.29) is 0 Å². The minimum atomic E-state index is 0.500. The van der Waals surface area contributed by atoms with Crippen LogP contribution >= 0.6 is 0 Å². The Morgan fingerprint density at radius 1 is 1.00 bits per heavy atom. The first-order chi connectivity index (χ1) is 6.91. The largest absolute Gasteiger partial charge is 0.301 e. The van der Waals surface area contributed by atoms with Gasteiger partial charge in [0, 0.05) is 5.54 Å². The number of rotatable bonds is 1. The Morgan fingerprint density at radius 2 is 1.71 bits per heavy atom. The van der Waals surface area contributed by atoms with Gasteiger partial charge in [-0.05, 0) is 18.4 Å². The van der Waals surface area contributed by atoms with Crippen LogP contribution in [0.15, 0.2) is 30.3 Å². The van der Waals surface area contributed by atoms with Gasteiger partial charge < -0.3 is 5.32 Å². The van der Waals surface area contributed by atoms with Crippen molar-refractivity contribution >= 4 is 0 Å². The Hall–Kier alpha value is -0.820. The monoisotopic (exact) mass is 187 g/mol. The van der Waals surface area contributed by atoms with Crippen molar-refractivity contribution in [3.63, 3.8) is 0 Å². The fourth-order valence-corrected chi connectivity index (χ4v) is 2.91. The maximum atomic E-state index is 3.70. The fraction of sp³-hybridized carbons (Fsp3) is 0.538. The van der Waals surface area contributed by atoms with E-state index in [2.05, 4.69) is 35.6 Å². The van der Waals surface area contributed by atoms with Crippen LogP contribution in [-0.2, 0) is 0 Å². The van der Waals surface area contributed by atoms with Crippen molar-refractivity contribution in [1.82, 2.24) is 5.32 Å². The van der Waals surface area contributed by atoms with Crippen molar-refractivity contribution in [1.29, 1.82) is 0 Å². The van der Waals surface area contributed by atoms with Crippen LogP contribution < -0.4 is 5.32 Å². The first-order valence-corrected chi connectivity index (χ1v) is 5.73. The van der Waals surface area contributed by atoms with E-state index in [0.29, 0.717) is 11.6 Å². The van der Waals surface area contributed by atoms with Crippen LogP contribution in [0.1, 0.15) is 43.7 Å². The van der Waals surface area contributed by atoms with Crippen LogP contribution in [0, 0.1) is 0 Å². The summed E-state index contributed by atoms with van der Waals surface area (Å²) in [5, 5.41) is 3.70. The molecule has 1 heterocycles. The van der Waals surface area contributed by atoms with E-state index in [1.54, 1.807) is 0 Å². The van der Waals surface area contributed by atoms with E-state index < -0.39 is 0 Å². The molecule has 1 saturated heterocycles. The van der Waals surface area contributed by atoms with E-state index in [1.807, 2.05) is 0 Å². The number of nitrogens with one attached hydrogen (secondary N) is 1. The fourth-order valence-electron chi connectivity index (χ4n) is 2.91. The zero-order chi connectivity index (χ0) is 9.43. The third kappa shape index (κ3) is 1.27. The summed E-state index contributed by atoms with van der Waals surface area (Å²) in [6, 6.07) is 11.5. The van der Waals surface area contributed by atoms with E-state index in [4.69, 9.17) is 0 Å². The van der Waals surface area contributed by atoms with Gasteiger partial charge in [-0.25, -0.2) is 0 Å². The van der Waals surface area contributed by atoms with E-state index >= 15 is 0 Å². The maximum Gasteiger partial charge on any atom is 0.0510 e. The molecule has 2 fully saturated rings. The quantitative estimate of drug-likeness (QED) is 0.671. The number of hydrogen-bond acceptors (Lipinski definition) is 1. The summed E-state index contributed by atoms with van der Waals surface area (Å²) in [5.74, 6) is 0. The lowest BCUT2D eigenvalue weighted by Crippen LogP contribution is -2.19. The predicted octanol–water partition coefficient (Wildman–Crippen LogP) is 3.03. The van der Waals surface area contributed by atoms with Gasteiger partial charge >= 0.3 is 0 Å². The van der Waals surface area contributed by atoms with Gasteiger partial charge in [-0.1, -0.05) is 49.6 Å². The normalized spacial score (nSPS) is 29.0. The van der Waals surface area contributed by atoms with Crippen molar-refractivity contribution in [3.8, 4) is 0 Å². The maximum absolute atomic E-state index is 3.70. The first-order valence-electron chi connectivity index (χ1n) is 5.73. The van der Waals surface area contributed by atoms with Crippen LogP contribution in [0.3, 0.4) is 0 Å². The Balaban J connectivity index is 1.78. The lowest BCUT2D eigenvalue weighted by atomic mass is 9.84. The molecule has 1 aromatic rings. The zero-order valence-electron chi connectivity index (χ0n) is 8.50. The molecule has 1 atom stereocenters. The van der Waals surface area contributed by atoms with Gasteiger partial charge in [0.15, 0.2) is 0 Å². The van der Waals surface area contributed by atoms with Gasteiger partial charge in [0.05, 0.1) is 6.04 Å². The lowest BCUT2D eigenvalue weighted by molar-refractivity contribution is 0.400. The van der Waals surface area contributed by atoms with Crippen molar-refractivity contribution in [3.05, 3.63) is 35.9 Å².